The van der Waals surface area contributed by atoms with Crippen LogP contribution in [-0.2, 0) is 16.7 Å². The molecule has 2 aromatic rings. The third-order valence-electron chi connectivity index (χ3n) is 6.24. The number of aromatic nitrogens is 1. The fraction of sp³-hybridized carbons (Fsp3) is 0.545. The van der Waals surface area contributed by atoms with Crippen molar-refractivity contribution in [3.63, 3.8) is 0 Å². The Balaban J connectivity index is 1.38. The van der Waals surface area contributed by atoms with Gasteiger partial charge in [0.05, 0.1) is 5.69 Å². The first kappa shape index (κ1) is 21.2. The third-order valence-corrected chi connectivity index (χ3v) is 6.57. The summed E-state index contributed by atoms with van der Waals surface area (Å²) in [4.78, 5) is 9.29. The molecular formula is C22H30ClN5O2. The summed E-state index contributed by atoms with van der Waals surface area (Å²) < 4.78 is 10.6. The summed E-state index contributed by atoms with van der Waals surface area (Å²) in [5.41, 5.74) is 2.14. The second kappa shape index (κ2) is 9.81. The van der Waals surface area contributed by atoms with Crippen LogP contribution in [0.25, 0.3) is 0 Å². The lowest BCUT2D eigenvalue weighted by Gasteiger charge is -2.41. The minimum atomic E-state index is -0.0404. The lowest BCUT2D eigenvalue weighted by molar-refractivity contribution is 0.0510. The highest BCUT2D eigenvalue weighted by molar-refractivity contribution is 6.31. The van der Waals surface area contributed by atoms with E-state index >= 15 is 0 Å². The molecule has 0 amide bonds. The molecule has 2 aliphatic rings. The number of guanidine groups is 1. The number of hydrogen-bond acceptors (Lipinski definition) is 5. The van der Waals surface area contributed by atoms with E-state index in [-0.39, 0.29) is 5.41 Å². The topological polar surface area (TPSA) is 66.1 Å². The second-order valence-corrected chi connectivity index (χ2v) is 8.43. The van der Waals surface area contributed by atoms with Crippen LogP contribution in [0.2, 0.25) is 5.02 Å². The Hall–Kier alpha value is -2.09. The van der Waals surface area contributed by atoms with Gasteiger partial charge in [-0.25, -0.2) is 0 Å². The Morgan fingerprint density at radius 2 is 1.93 bits per heavy atom. The van der Waals surface area contributed by atoms with Gasteiger partial charge in [-0.1, -0.05) is 35.0 Å². The predicted molar refractivity (Wildman–Crippen MR) is 118 cm³/mol. The average Bonchev–Trinajstić information content (AvgIpc) is 3.29. The molecule has 8 heteroatoms. The number of piperazine rings is 1. The van der Waals surface area contributed by atoms with E-state index in [1.54, 1.807) is 6.26 Å². The molecule has 0 spiro atoms. The summed E-state index contributed by atoms with van der Waals surface area (Å²) in [5, 5.41) is 8.50. The van der Waals surface area contributed by atoms with Crippen molar-refractivity contribution in [1.82, 2.24) is 20.3 Å². The molecule has 162 valence electrons. The minimum Gasteiger partial charge on any atom is -0.381 e. The lowest BCUT2D eigenvalue weighted by atomic mass is 9.74. The Kier molecular flexibility index (Phi) is 6.92. The highest BCUT2D eigenvalue weighted by atomic mass is 35.5. The van der Waals surface area contributed by atoms with Crippen molar-refractivity contribution in [2.24, 2.45) is 4.99 Å². The van der Waals surface area contributed by atoms with Crippen LogP contribution in [-0.4, -0.2) is 73.9 Å². The fourth-order valence-electron chi connectivity index (χ4n) is 4.44. The number of halogens is 1. The summed E-state index contributed by atoms with van der Waals surface area (Å²) in [6, 6.07) is 10.1. The van der Waals surface area contributed by atoms with Crippen LogP contribution < -0.4 is 5.32 Å². The van der Waals surface area contributed by atoms with Crippen LogP contribution in [0.15, 0.2) is 46.1 Å². The Labute approximate surface area is 183 Å². The van der Waals surface area contributed by atoms with Crippen molar-refractivity contribution in [2.75, 3.05) is 53.0 Å². The van der Waals surface area contributed by atoms with Crippen molar-refractivity contribution in [3.8, 4) is 0 Å². The summed E-state index contributed by atoms with van der Waals surface area (Å²) >= 11 is 6.59. The van der Waals surface area contributed by atoms with E-state index in [0.717, 1.165) is 82.0 Å². The minimum absolute atomic E-state index is 0.0404. The van der Waals surface area contributed by atoms with Crippen LogP contribution in [0.4, 0.5) is 0 Å². The van der Waals surface area contributed by atoms with Crippen molar-refractivity contribution in [1.29, 1.82) is 0 Å². The van der Waals surface area contributed by atoms with Gasteiger partial charge in [0, 0.05) is 76.0 Å². The number of ether oxygens (including phenoxy) is 1. The van der Waals surface area contributed by atoms with Crippen LogP contribution in [0.5, 0.6) is 0 Å². The molecule has 1 N–H and O–H groups in total. The zero-order chi connectivity index (χ0) is 20.8. The van der Waals surface area contributed by atoms with Crippen LogP contribution in [0, 0.1) is 0 Å². The van der Waals surface area contributed by atoms with E-state index < -0.39 is 0 Å². The van der Waals surface area contributed by atoms with Gasteiger partial charge in [0.25, 0.3) is 0 Å². The molecule has 1 aromatic carbocycles. The van der Waals surface area contributed by atoms with Crippen LogP contribution in [0.1, 0.15) is 24.1 Å². The summed E-state index contributed by atoms with van der Waals surface area (Å²) in [6.07, 6.45) is 3.53. The van der Waals surface area contributed by atoms with Gasteiger partial charge in [0.15, 0.2) is 5.96 Å². The predicted octanol–water partition coefficient (Wildman–Crippen LogP) is 2.77. The first-order valence-corrected chi connectivity index (χ1v) is 11.0. The number of nitrogens with zero attached hydrogens (tertiary/aromatic N) is 4. The van der Waals surface area contributed by atoms with Crippen molar-refractivity contribution in [2.45, 2.75) is 24.8 Å². The molecule has 0 saturated carbocycles. The fourth-order valence-corrected chi connectivity index (χ4v) is 4.78. The molecule has 4 rings (SSSR count). The number of benzene rings is 1. The summed E-state index contributed by atoms with van der Waals surface area (Å²) in [5.74, 6) is 0.953. The van der Waals surface area contributed by atoms with Gasteiger partial charge in [0.2, 0.25) is 0 Å². The Morgan fingerprint density at radius 3 is 2.60 bits per heavy atom. The molecule has 3 heterocycles. The van der Waals surface area contributed by atoms with E-state index in [1.165, 1.54) is 5.56 Å². The normalized spacial score (nSPS) is 20.3. The van der Waals surface area contributed by atoms with Gasteiger partial charge in [-0.3, -0.25) is 9.89 Å². The van der Waals surface area contributed by atoms with E-state index in [1.807, 2.05) is 25.2 Å². The standard InChI is InChI=1S/C22H30ClN5O2/c1-24-21(28-11-9-27(10-12-28)16-18-6-13-30-26-18)25-17-22(7-14-29-15-8-22)19-4-2-3-5-20(19)23/h2-6,13H,7-12,14-17H2,1H3,(H,24,25). The molecule has 0 atom stereocenters. The van der Waals surface area contributed by atoms with Gasteiger partial charge >= 0.3 is 0 Å². The van der Waals surface area contributed by atoms with Crippen molar-refractivity contribution < 1.29 is 9.26 Å². The first-order chi connectivity index (χ1) is 14.7. The van der Waals surface area contributed by atoms with Gasteiger partial charge in [-0.2, -0.15) is 0 Å². The van der Waals surface area contributed by atoms with Crippen molar-refractivity contribution >= 4 is 17.6 Å². The quantitative estimate of drug-likeness (QED) is 0.580. The SMILES string of the molecule is CN=C(NCC1(c2ccccc2Cl)CCOCC1)N1CCN(Cc2ccon2)CC1. The van der Waals surface area contributed by atoms with Gasteiger partial charge < -0.3 is 19.5 Å². The second-order valence-electron chi connectivity index (χ2n) is 8.03. The largest absolute Gasteiger partial charge is 0.381 e. The molecule has 0 unspecified atom stereocenters. The lowest BCUT2D eigenvalue weighted by Crippen LogP contribution is -2.54. The smallest absolute Gasteiger partial charge is 0.193 e. The molecule has 0 aliphatic carbocycles. The zero-order valence-electron chi connectivity index (χ0n) is 17.5. The maximum atomic E-state index is 6.59. The maximum Gasteiger partial charge on any atom is 0.193 e. The Morgan fingerprint density at radius 1 is 1.17 bits per heavy atom. The molecule has 1 aromatic heterocycles. The molecular weight excluding hydrogens is 402 g/mol. The third kappa shape index (κ3) is 4.79. The van der Waals surface area contributed by atoms with Crippen LogP contribution >= 0.6 is 11.6 Å². The zero-order valence-corrected chi connectivity index (χ0v) is 18.3. The van der Waals surface area contributed by atoms with E-state index in [4.69, 9.17) is 20.9 Å². The number of nitrogens with one attached hydrogen (secondary N) is 1. The van der Waals surface area contributed by atoms with E-state index in [0.29, 0.717) is 0 Å². The van der Waals surface area contributed by atoms with E-state index in [2.05, 4.69) is 37.4 Å². The van der Waals surface area contributed by atoms with Crippen LogP contribution in [0.3, 0.4) is 0 Å². The van der Waals surface area contributed by atoms with Gasteiger partial charge in [-0.15, -0.1) is 0 Å². The van der Waals surface area contributed by atoms with Gasteiger partial charge in [-0.05, 0) is 24.5 Å². The highest BCUT2D eigenvalue weighted by Crippen LogP contribution is 2.38. The summed E-state index contributed by atoms with van der Waals surface area (Å²) in [6.45, 7) is 6.93. The number of rotatable bonds is 5. The maximum absolute atomic E-state index is 6.59. The van der Waals surface area contributed by atoms with Crippen molar-refractivity contribution in [3.05, 3.63) is 52.9 Å². The highest BCUT2D eigenvalue weighted by Gasteiger charge is 2.36. The monoisotopic (exact) mass is 431 g/mol. The van der Waals surface area contributed by atoms with E-state index in [9.17, 15) is 0 Å². The molecule has 2 saturated heterocycles. The molecule has 30 heavy (non-hydrogen) atoms. The Bertz CT molecular complexity index is 828. The number of hydrogen-bond donors (Lipinski definition) is 1. The molecule has 2 fully saturated rings. The summed E-state index contributed by atoms with van der Waals surface area (Å²) in [7, 11) is 1.86. The molecule has 0 bridgehead atoms. The molecule has 2 aliphatic heterocycles. The first-order valence-electron chi connectivity index (χ1n) is 10.6. The molecule has 0 radical (unpaired) electrons. The average molecular weight is 432 g/mol. The van der Waals surface area contributed by atoms with Gasteiger partial charge in [0.1, 0.15) is 6.26 Å². The number of aliphatic imine (C=N–C) groups is 1. The molecule has 7 nitrogen and oxygen atoms in total.